The molecular weight excluding hydrogens is 174 g/mol. The Bertz CT molecular complexity index is 431. The van der Waals surface area contributed by atoms with Crippen LogP contribution in [0.5, 0.6) is 0 Å². The third kappa shape index (κ3) is 1.56. The van der Waals surface area contributed by atoms with E-state index in [0.717, 1.165) is 17.1 Å². The molecule has 0 aliphatic carbocycles. The molecule has 1 heterocycles. The minimum atomic E-state index is 0.450. The zero-order valence-electron chi connectivity index (χ0n) is 8.16. The van der Waals surface area contributed by atoms with E-state index in [-0.39, 0.29) is 0 Å². The number of rotatable bonds is 2. The lowest BCUT2D eigenvalue weighted by Gasteiger charge is -2.00. The second-order valence-corrected chi connectivity index (χ2v) is 3.29. The van der Waals surface area contributed by atoms with Crippen LogP contribution in [0.2, 0.25) is 0 Å². The van der Waals surface area contributed by atoms with E-state index in [1.165, 1.54) is 5.56 Å². The van der Waals surface area contributed by atoms with Crippen LogP contribution in [-0.2, 0) is 6.54 Å². The van der Waals surface area contributed by atoms with Crippen LogP contribution in [0.15, 0.2) is 40.8 Å². The molecule has 2 rings (SSSR count). The summed E-state index contributed by atoms with van der Waals surface area (Å²) in [5.74, 6) is 1.71. The lowest BCUT2D eigenvalue weighted by atomic mass is 10.1. The quantitative estimate of drug-likeness (QED) is 0.785. The molecule has 0 radical (unpaired) electrons. The smallest absolute Gasteiger partial charge is 0.134 e. The maximum absolute atomic E-state index is 5.57. The van der Waals surface area contributed by atoms with Crippen LogP contribution in [-0.4, -0.2) is 0 Å². The van der Waals surface area contributed by atoms with Crippen LogP contribution in [0, 0.1) is 6.92 Å². The number of aryl methyl sites for hydroxylation is 1. The normalized spacial score (nSPS) is 10.4. The van der Waals surface area contributed by atoms with Gasteiger partial charge in [0, 0.05) is 5.56 Å². The Morgan fingerprint density at radius 2 is 1.93 bits per heavy atom. The Kier molecular flexibility index (Phi) is 2.37. The Morgan fingerprint density at radius 1 is 1.14 bits per heavy atom. The highest BCUT2D eigenvalue weighted by Crippen LogP contribution is 2.24. The van der Waals surface area contributed by atoms with Crippen molar-refractivity contribution in [3.05, 3.63) is 47.7 Å². The molecule has 2 aromatic rings. The van der Waals surface area contributed by atoms with Crippen molar-refractivity contribution in [1.82, 2.24) is 0 Å². The van der Waals surface area contributed by atoms with Gasteiger partial charge in [0.2, 0.25) is 0 Å². The van der Waals surface area contributed by atoms with Crippen molar-refractivity contribution in [2.75, 3.05) is 0 Å². The van der Waals surface area contributed by atoms with E-state index in [0.29, 0.717) is 6.54 Å². The first kappa shape index (κ1) is 9.03. The highest BCUT2D eigenvalue weighted by atomic mass is 16.3. The number of nitrogens with two attached hydrogens (primary N) is 1. The monoisotopic (exact) mass is 187 g/mol. The predicted molar refractivity (Wildman–Crippen MR) is 56.8 cm³/mol. The molecular formula is C12H13NO. The van der Waals surface area contributed by atoms with Crippen molar-refractivity contribution >= 4 is 0 Å². The molecule has 0 amide bonds. The minimum absolute atomic E-state index is 0.450. The van der Waals surface area contributed by atoms with Gasteiger partial charge < -0.3 is 10.2 Å². The van der Waals surface area contributed by atoms with Crippen LogP contribution in [0.1, 0.15) is 11.3 Å². The zero-order chi connectivity index (χ0) is 9.97. The molecule has 0 unspecified atom stereocenters. The van der Waals surface area contributed by atoms with Crippen molar-refractivity contribution in [3.8, 4) is 11.3 Å². The Hall–Kier alpha value is -1.54. The highest BCUT2D eigenvalue weighted by molar-refractivity contribution is 5.61. The number of hydrogen-bond donors (Lipinski definition) is 1. The van der Waals surface area contributed by atoms with Crippen molar-refractivity contribution in [1.29, 1.82) is 0 Å². The van der Waals surface area contributed by atoms with E-state index in [4.69, 9.17) is 10.2 Å². The standard InChI is InChI=1S/C12H13NO/c1-9-4-2-3-5-11(9)12-7-6-10(8-13)14-12/h2-7H,8,13H2,1H3. The van der Waals surface area contributed by atoms with E-state index >= 15 is 0 Å². The SMILES string of the molecule is Cc1ccccc1-c1ccc(CN)o1. The second-order valence-electron chi connectivity index (χ2n) is 3.29. The third-order valence-electron chi connectivity index (χ3n) is 2.27. The van der Waals surface area contributed by atoms with Gasteiger partial charge >= 0.3 is 0 Å². The average Bonchev–Trinajstić information content (AvgIpc) is 2.67. The van der Waals surface area contributed by atoms with Crippen molar-refractivity contribution < 1.29 is 4.42 Å². The van der Waals surface area contributed by atoms with Crippen LogP contribution < -0.4 is 5.73 Å². The van der Waals surface area contributed by atoms with Gasteiger partial charge in [-0.05, 0) is 24.6 Å². The molecule has 1 aromatic heterocycles. The molecule has 0 fully saturated rings. The molecule has 0 saturated carbocycles. The van der Waals surface area contributed by atoms with Gasteiger partial charge in [-0.15, -0.1) is 0 Å². The van der Waals surface area contributed by atoms with Crippen LogP contribution in [0.4, 0.5) is 0 Å². The van der Waals surface area contributed by atoms with Gasteiger partial charge in [-0.25, -0.2) is 0 Å². The van der Waals surface area contributed by atoms with Gasteiger partial charge in [-0.3, -0.25) is 0 Å². The van der Waals surface area contributed by atoms with Crippen molar-refractivity contribution in [3.63, 3.8) is 0 Å². The van der Waals surface area contributed by atoms with E-state index in [1.54, 1.807) is 0 Å². The molecule has 2 heteroatoms. The van der Waals surface area contributed by atoms with Gasteiger partial charge in [-0.1, -0.05) is 24.3 Å². The van der Waals surface area contributed by atoms with E-state index in [9.17, 15) is 0 Å². The number of benzene rings is 1. The highest BCUT2D eigenvalue weighted by Gasteiger charge is 2.05. The summed E-state index contributed by atoms with van der Waals surface area (Å²) in [7, 11) is 0. The topological polar surface area (TPSA) is 39.2 Å². The lowest BCUT2D eigenvalue weighted by Crippen LogP contribution is -1.92. The molecule has 72 valence electrons. The zero-order valence-corrected chi connectivity index (χ0v) is 8.16. The van der Waals surface area contributed by atoms with Crippen LogP contribution >= 0.6 is 0 Å². The van der Waals surface area contributed by atoms with Gasteiger partial charge in [-0.2, -0.15) is 0 Å². The molecule has 0 aliphatic rings. The predicted octanol–water partition coefficient (Wildman–Crippen LogP) is 2.71. The first-order valence-electron chi connectivity index (χ1n) is 4.66. The Labute approximate surface area is 83.4 Å². The van der Waals surface area contributed by atoms with Crippen molar-refractivity contribution in [2.24, 2.45) is 5.73 Å². The molecule has 0 atom stereocenters. The molecule has 2 nitrogen and oxygen atoms in total. The van der Waals surface area contributed by atoms with Crippen molar-refractivity contribution in [2.45, 2.75) is 13.5 Å². The fraction of sp³-hybridized carbons (Fsp3) is 0.167. The molecule has 1 aromatic carbocycles. The number of hydrogen-bond acceptors (Lipinski definition) is 2. The molecule has 0 bridgehead atoms. The average molecular weight is 187 g/mol. The summed E-state index contributed by atoms with van der Waals surface area (Å²) in [6, 6.07) is 12.0. The van der Waals surface area contributed by atoms with E-state index in [2.05, 4.69) is 19.1 Å². The van der Waals surface area contributed by atoms with Gasteiger partial charge in [0.1, 0.15) is 11.5 Å². The fourth-order valence-electron chi connectivity index (χ4n) is 1.48. The molecule has 0 aliphatic heterocycles. The first-order valence-corrected chi connectivity index (χ1v) is 4.66. The molecule has 14 heavy (non-hydrogen) atoms. The summed E-state index contributed by atoms with van der Waals surface area (Å²) in [5.41, 5.74) is 7.83. The molecule has 0 spiro atoms. The third-order valence-corrected chi connectivity index (χ3v) is 2.27. The van der Waals surface area contributed by atoms with E-state index in [1.807, 2.05) is 24.3 Å². The Morgan fingerprint density at radius 3 is 2.57 bits per heavy atom. The minimum Gasteiger partial charge on any atom is -0.460 e. The fourth-order valence-corrected chi connectivity index (χ4v) is 1.48. The lowest BCUT2D eigenvalue weighted by molar-refractivity contribution is 0.525. The summed E-state index contributed by atoms with van der Waals surface area (Å²) in [6.07, 6.45) is 0. The van der Waals surface area contributed by atoms with Crippen LogP contribution in [0.25, 0.3) is 11.3 Å². The van der Waals surface area contributed by atoms with Gasteiger partial charge in [0.25, 0.3) is 0 Å². The number of furan rings is 1. The maximum Gasteiger partial charge on any atom is 0.134 e. The largest absolute Gasteiger partial charge is 0.460 e. The summed E-state index contributed by atoms with van der Waals surface area (Å²) in [5, 5.41) is 0. The summed E-state index contributed by atoms with van der Waals surface area (Å²) >= 11 is 0. The molecule has 2 N–H and O–H groups in total. The Balaban J connectivity index is 2.44. The van der Waals surface area contributed by atoms with Crippen LogP contribution in [0.3, 0.4) is 0 Å². The summed E-state index contributed by atoms with van der Waals surface area (Å²) in [6.45, 7) is 2.52. The summed E-state index contributed by atoms with van der Waals surface area (Å²) < 4.78 is 5.57. The second kappa shape index (κ2) is 3.68. The summed E-state index contributed by atoms with van der Waals surface area (Å²) in [4.78, 5) is 0. The van der Waals surface area contributed by atoms with E-state index < -0.39 is 0 Å². The maximum atomic E-state index is 5.57. The van der Waals surface area contributed by atoms with Gasteiger partial charge in [0.15, 0.2) is 0 Å². The van der Waals surface area contributed by atoms with Gasteiger partial charge in [0.05, 0.1) is 6.54 Å². The molecule has 0 saturated heterocycles. The first-order chi connectivity index (χ1) is 6.81.